The molecule has 3 heterocycles. The summed E-state index contributed by atoms with van der Waals surface area (Å²) in [5.41, 5.74) is 9.07. The Morgan fingerprint density at radius 1 is 1.35 bits per heavy atom. The molecule has 1 unspecified atom stereocenters. The highest BCUT2D eigenvalue weighted by Crippen LogP contribution is 2.39. The van der Waals surface area contributed by atoms with Crippen molar-refractivity contribution in [2.75, 3.05) is 31.2 Å². The summed E-state index contributed by atoms with van der Waals surface area (Å²) in [6, 6.07) is 3.77. The number of ether oxygens (including phenoxy) is 1. The zero-order valence-electron chi connectivity index (χ0n) is 13.8. The molecule has 2 aliphatic heterocycles. The van der Waals surface area contributed by atoms with Crippen LogP contribution in [0.3, 0.4) is 0 Å². The van der Waals surface area contributed by atoms with Gasteiger partial charge in [-0.2, -0.15) is 0 Å². The van der Waals surface area contributed by atoms with Crippen LogP contribution in [-0.4, -0.2) is 35.9 Å². The molecule has 0 bridgehead atoms. The number of hydrogen-bond acceptors (Lipinski definition) is 5. The number of nitrogens with two attached hydrogens (primary N) is 1. The number of hydrogen-bond donors (Lipinski definition) is 1. The molecule has 0 amide bonds. The summed E-state index contributed by atoms with van der Waals surface area (Å²) < 4.78 is 6.97. The van der Waals surface area contributed by atoms with Crippen molar-refractivity contribution in [2.45, 2.75) is 19.9 Å². The minimum absolute atomic E-state index is 0.0126. The molecule has 122 valence electrons. The summed E-state index contributed by atoms with van der Waals surface area (Å²) in [6.45, 7) is 7.34. The first-order valence-corrected chi connectivity index (χ1v) is 8.00. The highest BCUT2D eigenvalue weighted by molar-refractivity contribution is 5.83. The fraction of sp³-hybridized carbons (Fsp3) is 0.529. The van der Waals surface area contributed by atoms with E-state index in [2.05, 4.69) is 4.90 Å². The molecule has 2 aliphatic rings. The van der Waals surface area contributed by atoms with Crippen LogP contribution in [0.1, 0.15) is 24.1 Å². The second-order valence-corrected chi connectivity index (χ2v) is 7.16. The zero-order chi connectivity index (χ0) is 16.4. The van der Waals surface area contributed by atoms with Gasteiger partial charge in [0.1, 0.15) is 0 Å². The summed E-state index contributed by atoms with van der Waals surface area (Å²) in [5.74, 6) is 0.728. The van der Waals surface area contributed by atoms with E-state index in [4.69, 9.17) is 15.5 Å². The second kappa shape index (κ2) is 4.79. The summed E-state index contributed by atoms with van der Waals surface area (Å²) in [5, 5.41) is 0.644. The fourth-order valence-electron chi connectivity index (χ4n) is 3.65. The number of aryl methyl sites for hydroxylation is 1. The third kappa shape index (κ3) is 2.09. The number of anilines is 1. The molecular formula is C17H22N4O2. The maximum Gasteiger partial charge on any atom is 0.262 e. The lowest BCUT2D eigenvalue weighted by molar-refractivity contribution is -0.127. The van der Waals surface area contributed by atoms with Crippen molar-refractivity contribution >= 4 is 16.9 Å². The Bertz CT molecular complexity index is 844. The standard InChI is InChI=1S/C17H22N4O2/c1-10-4-12(11(2)18)14-13(5-10)15(22)20(3)16(19-14)21-6-17(7-21)8-23-9-17/h4-5,11H,6-9,18H2,1-3H3. The molecule has 1 aromatic carbocycles. The van der Waals surface area contributed by atoms with Gasteiger partial charge in [0.25, 0.3) is 5.56 Å². The van der Waals surface area contributed by atoms with E-state index >= 15 is 0 Å². The monoisotopic (exact) mass is 314 g/mol. The summed E-state index contributed by atoms with van der Waals surface area (Å²) in [6.07, 6.45) is 0. The highest BCUT2D eigenvalue weighted by atomic mass is 16.5. The maximum absolute atomic E-state index is 12.8. The number of fused-ring (bicyclic) bond motifs is 1. The van der Waals surface area contributed by atoms with Gasteiger partial charge in [-0.1, -0.05) is 6.07 Å². The van der Waals surface area contributed by atoms with Gasteiger partial charge in [0.2, 0.25) is 5.95 Å². The van der Waals surface area contributed by atoms with Crippen LogP contribution in [-0.2, 0) is 11.8 Å². The molecule has 23 heavy (non-hydrogen) atoms. The van der Waals surface area contributed by atoms with Crippen molar-refractivity contribution in [3.8, 4) is 0 Å². The molecule has 2 aromatic rings. The molecule has 4 rings (SSSR count). The summed E-state index contributed by atoms with van der Waals surface area (Å²) >= 11 is 0. The highest BCUT2D eigenvalue weighted by Gasteiger charge is 2.50. The molecule has 1 spiro atoms. The Labute approximate surface area is 134 Å². The Morgan fingerprint density at radius 3 is 2.61 bits per heavy atom. The number of aromatic nitrogens is 2. The van der Waals surface area contributed by atoms with Crippen molar-refractivity contribution in [2.24, 2.45) is 18.2 Å². The molecule has 0 aliphatic carbocycles. The van der Waals surface area contributed by atoms with Crippen molar-refractivity contribution in [1.29, 1.82) is 0 Å². The maximum atomic E-state index is 12.8. The average Bonchev–Trinajstić information content (AvgIpc) is 2.41. The molecule has 2 fully saturated rings. The minimum Gasteiger partial charge on any atom is -0.380 e. The van der Waals surface area contributed by atoms with Crippen molar-refractivity contribution in [1.82, 2.24) is 9.55 Å². The van der Waals surface area contributed by atoms with Gasteiger partial charge in [0, 0.05) is 26.2 Å². The van der Waals surface area contributed by atoms with Crippen LogP contribution in [0.2, 0.25) is 0 Å². The van der Waals surface area contributed by atoms with E-state index in [0.717, 1.165) is 48.9 Å². The van der Waals surface area contributed by atoms with Crippen LogP contribution in [0.15, 0.2) is 16.9 Å². The van der Waals surface area contributed by atoms with Gasteiger partial charge in [0.05, 0.1) is 29.5 Å². The Hall–Kier alpha value is -1.92. The molecule has 0 radical (unpaired) electrons. The van der Waals surface area contributed by atoms with E-state index in [0.29, 0.717) is 5.39 Å². The van der Waals surface area contributed by atoms with Gasteiger partial charge in [-0.3, -0.25) is 9.36 Å². The van der Waals surface area contributed by atoms with Crippen LogP contribution in [0.4, 0.5) is 5.95 Å². The van der Waals surface area contributed by atoms with Crippen molar-refractivity contribution in [3.05, 3.63) is 33.6 Å². The smallest absolute Gasteiger partial charge is 0.262 e. The lowest BCUT2D eigenvalue weighted by atomic mass is 9.78. The van der Waals surface area contributed by atoms with Gasteiger partial charge >= 0.3 is 0 Å². The lowest BCUT2D eigenvalue weighted by Gasteiger charge is -2.55. The Kier molecular flexibility index (Phi) is 3.05. The van der Waals surface area contributed by atoms with Crippen LogP contribution in [0.25, 0.3) is 10.9 Å². The fourth-order valence-corrected chi connectivity index (χ4v) is 3.65. The zero-order valence-corrected chi connectivity index (χ0v) is 13.8. The van der Waals surface area contributed by atoms with Crippen LogP contribution in [0.5, 0.6) is 0 Å². The van der Waals surface area contributed by atoms with E-state index < -0.39 is 0 Å². The summed E-state index contributed by atoms with van der Waals surface area (Å²) in [4.78, 5) is 19.8. The first-order chi connectivity index (χ1) is 10.9. The van der Waals surface area contributed by atoms with Crippen LogP contribution >= 0.6 is 0 Å². The SMILES string of the molecule is Cc1cc(C(C)N)c2nc(N3CC4(COC4)C3)n(C)c(=O)c2c1. The molecule has 2 N–H and O–H groups in total. The predicted octanol–water partition coefficient (Wildman–Crippen LogP) is 1.10. The van der Waals surface area contributed by atoms with Crippen molar-refractivity contribution in [3.63, 3.8) is 0 Å². The Morgan fingerprint density at radius 2 is 2.04 bits per heavy atom. The normalized spacial score (nSPS) is 20.4. The quantitative estimate of drug-likeness (QED) is 0.898. The predicted molar refractivity (Wildman–Crippen MR) is 89.8 cm³/mol. The van der Waals surface area contributed by atoms with E-state index in [-0.39, 0.29) is 17.0 Å². The minimum atomic E-state index is -0.160. The molecule has 0 saturated carbocycles. The lowest BCUT2D eigenvalue weighted by Crippen LogP contribution is -2.66. The molecule has 6 heteroatoms. The molecule has 1 atom stereocenters. The van der Waals surface area contributed by atoms with Crippen LogP contribution in [0, 0.1) is 12.3 Å². The van der Waals surface area contributed by atoms with Crippen LogP contribution < -0.4 is 16.2 Å². The molecular weight excluding hydrogens is 292 g/mol. The first-order valence-electron chi connectivity index (χ1n) is 8.00. The van der Waals surface area contributed by atoms with Crippen molar-refractivity contribution < 1.29 is 4.74 Å². The third-order valence-electron chi connectivity index (χ3n) is 4.97. The second-order valence-electron chi connectivity index (χ2n) is 7.16. The molecule has 2 saturated heterocycles. The molecule has 6 nitrogen and oxygen atoms in total. The topological polar surface area (TPSA) is 73.4 Å². The Balaban J connectivity index is 1.86. The van der Waals surface area contributed by atoms with Gasteiger partial charge < -0.3 is 15.4 Å². The summed E-state index contributed by atoms with van der Waals surface area (Å²) in [7, 11) is 1.79. The third-order valence-corrected chi connectivity index (χ3v) is 4.97. The van der Waals surface area contributed by atoms with Gasteiger partial charge in [0.15, 0.2) is 0 Å². The van der Waals surface area contributed by atoms with E-state index in [1.54, 1.807) is 11.6 Å². The van der Waals surface area contributed by atoms with E-state index in [9.17, 15) is 4.79 Å². The largest absolute Gasteiger partial charge is 0.380 e. The van der Waals surface area contributed by atoms with Gasteiger partial charge in [-0.05, 0) is 31.0 Å². The van der Waals surface area contributed by atoms with Gasteiger partial charge in [-0.25, -0.2) is 4.98 Å². The first kappa shape index (κ1) is 14.7. The van der Waals surface area contributed by atoms with E-state index in [1.165, 1.54) is 0 Å². The molecule has 1 aromatic heterocycles. The number of benzene rings is 1. The average molecular weight is 314 g/mol. The van der Waals surface area contributed by atoms with Gasteiger partial charge in [-0.15, -0.1) is 0 Å². The number of nitrogens with zero attached hydrogens (tertiary/aromatic N) is 3. The van der Waals surface area contributed by atoms with E-state index in [1.807, 2.05) is 26.0 Å². The number of rotatable bonds is 2.